The zero-order chi connectivity index (χ0) is 23.5. The predicted molar refractivity (Wildman–Crippen MR) is 128 cm³/mol. The van der Waals surface area contributed by atoms with E-state index in [9.17, 15) is 13.2 Å². The Kier molecular flexibility index (Phi) is 7.11. The molecule has 0 fully saturated rings. The molecule has 6 nitrogen and oxygen atoms in total. The molecule has 0 bridgehead atoms. The number of methoxy groups -OCH3 is 1. The Bertz CT molecular complexity index is 1220. The summed E-state index contributed by atoms with van der Waals surface area (Å²) in [6, 6.07) is 16.9. The maximum atomic E-state index is 13.8. The van der Waals surface area contributed by atoms with Crippen LogP contribution in [-0.2, 0) is 14.8 Å². The average molecular weight is 473 g/mol. The van der Waals surface area contributed by atoms with Crippen molar-refractivity contribution >= 4 is 38.9 Å². The molecular weight excluding hydrogens is 448 g/mol. The molecule has 0 spiro atoms. The Morgan fingerprint density at radius 1 is 0.938 bits per heavy atom. The second kappa shape index (κ2) is 9.63. The van der Waals surface area contributed by atoms with Crippen molar-refractivity contribution in [3.05, 3.63) is 82.4 Å². The van der Waals surface area contributed by atoms with Crippen molar-refractivity contribution in [1.29, 1.82) is 0 Å². The Morgan fingerprint density at radius 2 is 1.56 bits per heavy atom. The monoisotopic (exact) mass is 472 g/mol. The maximum Gasteiger partial charge on any atom is 0.268 e. The molecule has 1 amide bonds. The van der Waals surface area contributed by atoms with Gasteiger partial charge in [-0.2, -0.15) is 0 Å². The lowest BCUT2D eigenvalue weighted by atomic mass is 10.1. The van der Waals surface area contributed by atoms with E-state index in [1.165, 1.54) is 7.11 Å². The van der Waals surface area contributed by atoms with E-state index in [1.54, 1.807) is 61.5 Å². The molecule has 0 aliphatic heterocycles. The molecule has 0 aliphatic carbocycles. The van der Waals surface area contributed by atoms with E-state index in [-0.39, 0.29) is 10.6 Å². The number of carbonyl (C=O) groups excluding carboxylic acids is 1. The number of sulfonamides is 1. The molecular formula is C24H25ClN2O4S. The number of amides is 1. The van der Waals surface area contributed by atoms with E-state index in [4.69, 9.17) is 16.3 Å². The van der Waals surface area contributed by atoms with Gasteiger partial charge in [-0.1, -0.05) is 23.7 Å². The summed E-state index contributed by atoms with van der Waals surface area (Å²) >= 11 is 5.90. The quantitative estimate of drug-likeness (QED) is 0.518. The minimum Gasteiger partial charge on any atom is -0.495 e. The van der Waals surface area contributed by atoms with Gasteiger partial charge in [-0.25, -0.2) is 8.42 Å². The molecule has 0 unspecified atom stereocenters. The molecule has 0 atom stereocenters. The van der Waals surface area contributed by atoms with Gasteiger partial charge in [-0.15, -0.1) is 0 Å². The summed E-state index contributed by atoms with van der Waals surface area (Å²) in [6.07, 6.45) is 0. The average Bonchev–Trinajstić information content (AvgIpc) is 2.73. The predicted octanol–water partition coefficient (Wildman–Crippen LogP) is 5.11. The second-order valence-corrected chi connectivity index (χ2v) is 9.83. The maximum absolute atomic E-state index is 13.8. The summed E-state index contributed by atoms with van der Waals surface area (Å²) in [5.41, 5.74) is 3.45. The third-order valence-corrected chi connectivity index (χ3v) is 6.84. The number of hydrogen-bond acceptors (Lipinski definition) is 4. The van der Waals surface area contributed by atoms with Gasteiger partial charge in [0.2, 0.25) is 5.91 Å². The first-order valence-electron chi connectivity index (χ1n) is 9.91. The van der Waals surface area contributed by atoms with Crippen molar-refractivity contribution in [1.82, 2.24) is 0 Å². The van der Waals surface area contributed by atoms with Gasteiger partial charge in [0.1, 0.15) is 17.2 Å². The largest absolute Gasteiger partial charge is 0.495 e. The second-order valence-electron chi connectivity index (χ2n) is 7.57. The molecule has 0 radical (unpaired) electrons. The molecule has 0 aromatic heterocycles. The van der Waals surface area contributed by atoms with Crippen LogP contribution >= 0.6 is 11.6 Å². The Labute approximate surface area is 193 Å². The standard InChI is InChI=1S/C24H25ClN2O4S/c1-16-5-10-22(31-4)23(14-16)32(29,30)27(21-12-17(2)11-18(3)13-21)15-24(28)26-20-8-6-19(25)7-9-20/h5-14H,15H2,1-4H3,(H,26,28). The van der Waals surface area contributed by atoms with Crippen molar-refractivity contribution in [2.24, 2.45) is 0 Å². The van der Waals surface area contributed by atoms with Gasteiger partial charge in [0.05, 0.1) is 12.8 Å². The number of benzene rings is 3. The smallest absolute Gasteiger partial charge is 0.268 e. The topological polar surface area (TPSA) is 75.7 Å². The number of halogens is 1. The van der Waals surface area contributed by atoms with Crippen molar-refractivity contribution in [3.8, 4) is 5.75 Å². The lowest BCUT2D eigenvalue weighted by molar-refractivity contribution is -0.114. The Hall–Kier alpha value is -3.03. The number of aryl methyl sites for hydroxylation is 3. The summed E-state index contributed by atoms with van der Waals surface area (Å²) in [4.78, 5) is 12.9. The summed E-state index contributed by atoms with van der Waals surface area (Å²) in [5, 5.41) is 3.26. The molecule has 32 heavy (non-hydrogen) atoms. The number of hydrogen-bond donors (Lipinski definition) is 1. The lowest BCUT2D eigenvalue weighted by Crippen LogP contribution is -2.38. The van der Waals surface area contributed by atoms with E-state index < -0.39 is 22.5 Å². The summed E-state index contributed by atoms with van der Waals surface area (Å²) < 4.78 is 34.0. The minimum absolute atomic E-state index is 0.00143. The highest BCUT2D eigenvalue weighted by atomic mass is 35.5. The van der Waals surface area contributed by atoms with Crippen LogP contribution < -0.4 is 14.4 Å². The van der Waals surface area contributed by atoms with Gasteiger partial charge in [0.25, 0.3) is 10.0 Å². The summed E-state index contributed by atoms with van der Waals surface area (Å²) in [7, 11) is -2.71. The van der Waals surface area contributed by atoms with Crippen LogP contribution in [0.25, 0.3) is 0 Å². The first kappa shape index (κ1) is 23.6. The van der Waals surface area contributed by atoms with Gasteiger partial charge in [-0.3, -0.25) is 9.10 Å². The zero-order valence-electron chi connectivity index (χ0n) is 18.3. The van der Waals surface area contributed by atoms with Gasteiger partial charge in [0, 0.05) is 10.7 Å². The highest BCUT2D eigenvalue weighted by Crippen LogP contribution is 2.32. The molecule has 3 aromatic rings. The van der Waals surface area contributed by atoms with Crippen molar-refractivity contribution < 1.29 is 17.9 Å². The highest BCUT2D eigenvalue weighted by molar-refractivity contribution is 7.93. The van der Waals surface area contributed by atoms with Crippen LogP contribution in [-0.4, -0.2) is 28.0 Å². The van der Waals surface area contributed by atoms with Crippen LogP contribution in [0.2, 0.25) is 5.02 Å². The number of nitrogens with one attached hydrogen (secondary N) is 1. The zero-order valence-corrected chi connectivity index (χ0v) is 19.9. The van der Waals surface area contributed by atoms with Crippen LogP contribution in [0.1, 0.15) is 16.7 Å². The highest BCUT2D eigenvalue weighted by Gasteiger charge is 2.30. The SMILES string of the molecule is COc1ccc(C)cc1S(=O)(=O)N(CC(=O)Nc1ccc(Cl)cc1)c1cc(C)cc(C)c1. The number of nitrogens with zero attached hydrogens (tertiary/aromatic N) is 1. The fraction of sp³-hybridized carbons (Fsp3) is 0.208. The van der Waals surface area contributed by atoms with E-state index in [2.05, 4.69) is 5.32 Å². The van der Waals surface area contributed by atoms with Crippen molar-refractivity contribution in [2.75, 3.05) is 23.3 Å². The van der Waals surface area contributed by atoms with E-state index in [0.717, 1.165) is 21.0 Å². The van der Waals surface area contributed by atoms with Crippen LogP contribution in [0, 0.1) is 20.8 Å². The molecule has 0 aliphatic rings. The summed E-state index contributed by atoms with van der Waals surface area (Å²) in [5.74, 6) is -0.273. The van der Waals surface area contributed by atoms with Crippen LogP contribution in [0.5, 0.6) is 5.75 Å². The first-order chi connectivity index (χ1) is 15.1. The van der Waals surface area contributed by atoms with E-state index in [0.29, 0.717) is 16.4 Å². The van der Waals surface area contributed by atoms with Crippen molar-refractivity contribution in [2.45, 2.75) is 25.7 Å². The normalized spacial score (nSPS) is 11.2. The lowest BCUT2D eigenvalue weighted by Gasteiger charge is -2.26. The van der Waals surface area contributed by atoms with Crippen LogP contribution in [0.4, 0.5) is 11.4 Å². The molecule has 168 valence electrons. The van der Waals surface area contributed by atoms with E-state index >= 15 is 0 Å². The fourth-order valence-electron chi connectivity index (χ4n) is 3.38. The third kappa shape index (κ3) is 5.41. The number of carbonyl (C=O) groups is 1. The van der Waals surface area contributed by atoms with Gasteiger partial charge >= 0.3 is 0 Å². The molecule has 8 heteroatoms. The van der Waals surface area contributed by atoms with Gasteiger partial charge in [0.15, 0.2) is 0 Å². The molecule has 0 heterocycles. The van der Waals surface area contributed by atoms with E-state index in [1.807, 2.05) is 19.9 Å². The fourth-order valence-corrected chi connectivity index (χ4v) is 5.15. The first-order valence-corrected chi connectivity index (χ1v) is 11.7. The Morgan fingerprint density at radius 3 is 2.16 bits per heavy atom. The van der Waals surface area contributed by atoms with Crippen LogP contribution in [0.15, 0.2) is 65.6 Å². The van der Waals surface area contributed by atoms with Gasteiger partial charge < -0.3 is 10.1 Å². The van der Waals surface area contributed by atoms with Gasteiger partial charge in [-0.05, 0) is 86.0 Å². The molecule has 0 saturated carbocycles. The number of ether oxygens (including phenoxy) is 1. The molecule has 3 aromatic carbocycles. The minimum atomic E-state index is -4.12. The number of rotatable bonds is 7. The Balaban J connectivity index is 2.05. The summed E-state index contributed by atoms with van der Waals surface area (Å²) in [6.45, 7) is 5.14. The third-order valence-electron chi connectivity index (χ3n) is 4.80. The molecule has 3 rings (SSSR count). The molecule has 1 N–H and O–H groups in total. The number of anilines is 2. The van der Waals surface area contributed by atoms with Crippen LogP contribution in [0.3, 0.4) is 0 Å². The molecule has 0 saturated heterocycles. The van der Waals surface area contributed by atoms with Crippen molar-refractivity contribution in [3.63, 3.8) is 0 Å².